The fourth-order valence-electron chi connectivity index (χ4n) is 4.40. The first-order valence-corrected chi connectivity index (χ1v) is 11.0. The molecule has 3 fully saturated rings. The van der Waals surface area contributed by atoms with Gasteiger partial charge in [0.2, 0.25) is 5.91 Å². The Kier molecular flexibility index (Phi) is 5.29. The summed E-state index contributed by atoms with van der Waals surface area (Å²) in [6.07, 6.45) is 3.75. The summed E-state index contributed by atoms with van der Waals surface area (Å²) in [5.74, 6) is 1.13. The summed E-state index contributed by atoms with van der Waals surface area (Å²) >= 11 is 0. The van der Waals surface area contributed by atoms with Gasteiger partial charge in [0.15, 0.2) is 0 Å². The van der Waals surface area contributed by atoms with Crippen molar-refractivity contribution in [3.05, 3.63) is 35.9 Å². The second-order valence-electron chi connectivity index (χ2n) is 8.49. The molecule has 0 radical (unpaired) electrons. The van der Waals surface area contributed by atoms with Crippen LogP contribution in [-0.2, 0) is 9.53 Å². The van der Waals surface area contributed by atoms with E-state index in [1.807, 2.05) is 35.2 Å². The van der Waals surface area contributed by atoms with Gasteiger partial charge < -0.3 is 19.9 Å². The van der Waals surface area contributed by atoms with Crippen molar-refractivity contribution in [2.24, 2.45) is 5.92 Å². The second-order valence-corrected chi connectivity index (χ2v) is 8.49. The Bertz CT molecular complexity index is 945. The lowest BCUT2D eigenvalue weighted by Gasteiger charge is -2.36. The van der Waals surface area contributed by atoms with E-state index in [0.29, 0.717) is 37.9 Å². The number of carbonyl (C=O) groups is 2. The van der Waals surface area contributed by atoms with Crippen molar-refractivity contribution in [3.8, 4) is 0 Å². The van der Waals surface area contributed by atoms with E-state index in [0.717, 1.165) is 55.5 Å². The highest BCUT2D eigenvalue weighted by Gasteiger charge is 2.30. The van der Waals surface area contributed by atoms with Crippen LogP contribution in [0.3, 0.4) is 0 Å². The van der Waals surface area contributed by atoms with E-state index in [9.17, 15) is 9.59 Å². The van der Waals surface area contributed by atoms with Gasteiger partial charge in [0, 0.05) is 43.5 Å². The number of carbonyl (C=O) groups excluding carboxylic acids is 2. The minimum absolute atomic E-state index is 0.0188. The molecule has 2 saturated heterocycles. The minimum Gasteiger partial charge on any atom is -0.378 e. The topological polar surface area (TPSA) is 74.8 Å². The Morgan fingerprint density at radius 1 is 1.00 bits per heavy atom. The SMILES string of the molecule is O=C(NC1CC1)c1cc(N2CCC(C(=O)N3CCOCC3)CC2)nc2ccccc12. The number of hydrogen-bond acceptors (Lipinski definition) is 5. The molecule has 0 bridgehead atoms. The number of pyridine rings is 1. The van der Waals surface area contributed by atoms with Gasteiger partial charge in [-0.2, -0.15) is 0 Å². The summed E-state index contributed by atoms with van der Waals surface area (Å²) in [5.41, 5.74) is 1.52. The highest BCUT2D eigenvalue weighted by molar-refractivity contribution is 6.07. The number of rotatable bonds is 4. The largest absolute Gasteiger partial charge is 0.378 e. The first-order valence-electron chi connectivity index (χ1n) is 11.0. The molecule has 5 rings (SSSR count). The zero-order valence-corrected chi connectivity index (χ0v) is 17.2. The van der Waals surface area contributed by atoms with Crippen LogP contribution in [0.1, 0.15) is 36.0 Å². The zero-order valence-electron chi connectivity index (χ0n) is 17.2. The maximum Gasteiger partial charge on any atom is 0.252 e. The number of para-hydroxylation sites is 1. The average Bonchev–Trinajstić information content (AvgIpc) is 3.62. The number of morpholine rings is 1. The predicted molar refractivity (Wildman–Crippen MR) is 115 cm³/mol. The van der Waals surface area contributed by atoms with Crippen LogP contribution in [0.2, 0.25) is 0 Å². The van der Waals surface area contributed by atoms with E-state index in [2.05, 4.69) is 10.2 Å². The Morgan fingerprint density at radius 2 is 1.73 bits per heavy atom. The number of amides is 2. The molecule has 158 valence electrons. The van der Waals surface area contributed by atoms with Crippen LogP contribution in [0.25, 0.3) is 10.9 Å². The molecule has 0 spiro atoms. The highest BCUT2D eigenvalue weighted by atomic mass is 16.5. The lowest BCUT2D eigenvalue weighted by atomic mass is 9.95. The van der Waals surface area contributed by atoms with Gasteiger partial charge in [0.1, 0.15) is 5.82 Å². The number of ether oxygens (including phenoxy) is 1. The van der Waals surface area contributed by atoms with E-state index in [1.165, 1.54) is 0 Å². The molecule has 1 N–H and O–H groups in total. The van der Waals surface area contributed by atoms with Crippen molar-refractivity contribution >= 4 is 28.5 Å². The quantitative estimate of drug-likeness (QED) is 0.840. The molecule has 1 aromatic heterocycles. The molecule has 1 saturated carbocycles. The van der Waals surface area contributed by atoms with Gasteiger partial charge in [0.25, 0.3) is 5.91 Å². The normalized spacial score (nSPS) is 20.4. The Balaban J connectivity index is 1.32. The van der Waals surface area contributed by atoms with Crippen LogP contribution in [0.5, 0.6) is 0 Å². The molecule has 3 aliphatic rings. The molecular formula is C23H28N4O3. The molecule has 2 aliphatic heterocycles. The van der Waals surface area contributed by atoms with Crippen LogP contribution in [0, 0.1) is 5.92 Å². The number of nitrogens with zero attached hydrogens (tertiary/aromatic N) is 3. The van der Waals surface area contributed by atoms with E-state index in [1.54, 1.807) is 0 Å². The van der Waals surface area contributed by atoms with Crippen molar-refractivity contribution in [3.63, 3.8) is 0 Å². The molecular weight excluding hydrogens is 380 g/mol. The monoisotopic (exact) mass is 408 g/mol. The number of nitrogens with one attached hydrogen (secondary N) is 1. The Morgan fingerprint density at radius 3 is 2.47 bits per heavy atom. The standard InChI is InChI=1S/C23H28N4O3/c28-22(24-17-5-6-17)19-15-21(25-20-4-2-1-3-18(19)20)26-9-7-16(8-10-26)23(29)27-11-13-30-14-12-27/h1-4,15-17H,5-14H2,(H,24,28). The van der Waals surface area contributed by atoms with Crippen LogP contribution in [0.4, 0.5) is 5.82 Å². The first kappa shape index (κ1) is 19.3. The summed E-state index contributed by atoms with van der Waals surface area (Å²) in [4.78, 5) is 34.6. The van der Waals surface area contributed by atoms with Gasteiger partial charge in [-0.15, -0.1) is 0 Å². The second kappa shape index (κ2) is 8.22. The number of hydrogen-bond donors (Lipinski definition) is 1. The third-order valence-electron chi connectivity index (χ3n) is 6.35. The van der Waals surface area contributed by atoms with Crippen LogP contribution in [0.15, 0.2) is 30.3 Å². The lowest BCUT2D eigenvalue weighted by Crippen LogP contribution is -2.47. The maximum atomic E-state index is 12.8. The number of anilines is 1. The van der Waals surface area contributed by atoms with E-state index >= 15 is 0 Å². The Hall–Kier alpha value is -2.67. The summed E-state index contributed by atoms with van der Waals surface area (Å²) in [6, 6.07) is 10.1. The summed E-state index contributed by atoms with van der Waals surface area (Å²) in [5, 5.41) is 3.99. The van der Waals surface area contributed by atoms with Crippen LogP contribution in [-0.4, -0.2) is 67.1 Å². The maximum absolute atomic E-state index is 12.8. The van der Waals surface area contributed by atoms with Gasteiger partial charge in [-0.05, 0) is 37.8 Å². The molecule has 7 heteroatoms. The van der Waals surface area contributed by atoms with Crippen LogP contribution < -0.4 is 10.2 Å². The number of aromatic nitrogens is 1. The smallest absolute Gasteiger partial charge is 0.252 e. The van der Waals surface area contributed by atoms with Crippen molar-refractivity contribution in [1.29, 1.82) is 0 Å². The first-order chi connectivity index (χ1) is 14.7. The van der Waals surface area contributed by atoms with Crippen molar-refractivity contribution in [1.82, 2.24) is 15.2 Å². The molecule has 1 aromatic carbocycles. The van der Waals surface area contributed by atoms with Gasteiger partial charge in [0.05, 0.1) is 24.3 Å². The third kappa shape index (κ3) is 3.99. The average molecular weight is 409 g/mol. The Labute approximate surface area is 176 Å². The number of benzene rings is 1. The zero-order chi connectivity index (χ0) is 20.5. The van der Waals surface area contributed by atoms with Gasteiger partial charge in [-0.25, -0.2) is 4.98 Å². The summed E-state index contributed by atoms with van der Waals surface area (Å²) < 4.78 is 5.36. The highest BCUT2D eigenvalue weighted by Crippen LogP contribution is 2.28. The van der Waals surface area contributed by atoms with Gasteiger partial charge in [-0.3, -0.25) is 9.59 Å². The molecule has 2 amide bonds. The molecule has 1 aliphatic carbocycles. The summed E-state index contributed by atoms with van der Waals surface area (Å²) in [7, 11) is 0. The van der Waals surface area contributed by atoms with Gasteiger partial charge >= 0.3 is 0 Å². The lowest BCUT2D eigenvalue weighted by molar-refractivity contribution is -0.140. The minimum atomic E-state index is -0.0188. The summed E-state index contributed by atoms with van der Waals surface area (Å²) in [6.45, 7) is 4.22. The van der Waals surface area contributed by atoms with E-state index in [-0.39, 0.29) is 17.7 Å². The van der Waals surface area contributed by atoms with Crippen molar-refractivity contribution in [2.45, 2.75) is 31.7 Å². The molecule has 2 aromatic rings. The van der Waals surface area contributed by atoms with Gasteiger partial charge in [-0.1, -0.05) is 18.2 Å². The van der Waals surface area contributed by atoms with E-state index in [4.69, 9.17) is 9.72 Å². The predicted octanol–water partition coefficient (Wildman–Crippen LogP) is 2.20. The fraction of sp³-hybridized carbons (Fsp3) is 0.522. The molecule has 3 heterocycles. The van der Waals surface area contributed by atoms with Crippen molar-refractivity contribution < 1.29 is 14.3 Å². The third-order valence-corrected chi connectivity index (χ3v) is 6.35. The molecule has 0 unspecified atom stereocenters. The van der Waals surface area contributed by atoms with Crippen molar-refractivity contribution in [2.75, 3.05) is 44.3 Å². The van der Waals surface area contributed by atoms with Crippen LogP contribution >= 0.6 is 0 Å². The molecule has 0 atom stereocenters. The molecule has 30 heavy (non-hydrogen) atoms. The fourth-order valence-corrected chi connectivity index (χ4v) is 4.40. The number of fused-ring (bicyclic) bond motifs is 1. The number of piperidine rings is 1. The van der Waals surface area contributed by atoms with E-state index < -0.39 is 0 Å². The molecule has 7 nitrogen and oxygen atoms in total.